The van der Waals surface area contributed by atoms with Crippen LogP contribution in [0.3, 0.4) is 0 Å². The van der Waals surface area contributed by atoms with Crippen LogP contribution in [-0.4, -0.2) is 58.4 Å². The van der Waals surface area contributed by atoms with Gasteiger partial charge in [-0.1, -0.05) is 25.1 Å². The van der Waals surface area contributed by atoms with Gasteiger partial charge in [-0.05, 0) is 25.1 Å². The van der Waals surface area contributed by atoms with E-state index >= 15 is 0 Å². The number of rotatable bonds is 3. The maximum absolute atomic E-state index is 12.8. The lowest BCUT2D eigenvalue weighted by molar-refractivity contribution is 0.0632. The van der Waals surface area contributed by atoms with Crippen LogP contribution in [0, 0.1) is 0 Å². The average molecular weight is 322 g/mol. The molecule has 3 heterocycles. The molecule has 0 spiro atoms. The van der Waals surface area contributed by atoms with Crippen LogP contribution >= 0.6 is 0 Å². The Morgan fingerprint density at radius 1 is 1.17 bits per heavy atom. The van der Waals surface area contributed by atoms with E-state index in [2.05, 4.69) is 27.9 Å². The average Bonchev–Trinajstić information content (AvgIpc) is 3.07. The molecule has 1 saturated heterocycles. The molecule has 0 saturated carbocycles. The number of carbonyl (C=O) groups is 1. The van der Waals surface area contributed by atoms with Crippen molar-refractivity contribution >= 4 is 27.7 Å². The Morgan fingerprint density at radius 2 is 1.96 bits per heavy atom. The van der Waals surface area contributed by atoms with Crippen molar-refractivity contribution in [1.82, 2.24) is 19.8 Å². The summed E-state index contributed by atoms with van der Waals surface area (Å²) in [5, 5.41) is 2.12. The number of aromatic amines is 1. The molecule has 5 heteroatoms. The van der Waals surface area contributed by atoms with E-state index < -0.39 is 0 Å². The molecular formula is C19H22N4O. The fourth-order valence-electron chi connectivity index (χ4n) is 3.51. The van der Waals surface area contributed by atoms with Gasteiger partial charge in [-0.25, -0.2) is 0 Å². The molecule has 1 fully saturated rings. The zero-order chi connectivity index (χ0) is 16.5. The van der Waals surface area contributed by atoms with Crippen molar-refractivity contribution in [3.63, 3.8) is 0 Å². The number of fused-ring (bicyclic) bond motifs is 3. The lowest BCUT2D eigenvalue weighted by Gasteiger charge is -2.34. The first-order valence-electron chi connectivity index (χ1n) is 8.64. The summed E-state index contributed by atoms with van der Waals surface area (Å²) >= 11 is 0. The van der Waals surface area contributed by atoms with Gasteiger partial charge in [0, 0.05) is 43.1 Å². The number of benzene rings is 1. The number of aromatic nitrogens is 2. The van der Waals surface area contributed by atoms with E-state index in [0.29, 0.717) is 5.69 Å². The number of amides is 1. The van der Waals surface area contributed by atoms with Crippen molar-refractivity contribution < 1.29 is 4.79 Å². The number of nitrogens with zero attached hydrogens (tertiary/aromatic N) is 3. The van der Waals surface area contributed by atoms with Crippen LogP contribution in [0.1, 0.15) is 23.8 Å². The summed E-state index contributed by atoms with van der Waals surface area (Å²) in [4.78, 5) is 25.0. The monoisotopic (exact) mass is 322 g/mol. The topological polar surface area (TPSA) is 52.2 Å². The van der Waals surface area contributed by atoms with Crippen LogP contribution in [0.15, 0.2) is 36.5 Å². The number of hydrogen-bond acceptors (Lipinski definition) is 3. The minimum atomic E-state index is 0.0893. The Hall–Kier alpha value is -2.40. The van der Waals surface area contributed by atoms with Gasteiger partial charge in [-0.3, -0.25) is 14.7 Å². The molecule has 0 atom stereocenters. The second-order valence-electron chi connectivity index (χ2n) is 6.42. The van der Waals surface area contributed by atoms with E-state index in [1.165, 1.54) is 0 Å². The molecule has 1 amide bonds. The number of carbonyl (C=O) groups excluding carboxylic acids is 1. The number of pyridine rings is 1. The van der Waals surface area contributed by atoms with Crippen LogP contribution in [0.25, 0.3) is 21.8 Å². The SMILES string of the molecule is CCCN1CCN(C(=O)c2cc3ccc4cccnc4c3[nH]2)CC1. The summed E-state index contributed by atoms with van der Waals surface area (Å²) in [6.45, 7) is 6.83. The predicted molar refractivity (Wildman–Crippen MR) is 96.2 cm³/mol. The molecule has 24 heavy (non-hydrogen) atoms. The van der Waals surface area contributed by atoms with E-state index in [9.17, 15) is 4.79 Å². The quantitative estimate of drug-likeness (QED) is 0.807. The highest BCUT2D eigenvalue weighted by Gasteiger charge is 2.23. The van der Waals surface area contributed by atoms with Gasteiger partial charge in [0.15, 0.2) is 0 Å². The summed E-state index contributed by atoms with van der Waals surface area (Å²) < 4.78 is 0. The van der Waals surface area contributed by atoms with Gasteiger partial charge in [-0.2, -0.15) is 0 Å². The van der Waals surface area contributed by atoms with Crippen LogP contribution < -0.4 is 0 Å². The van der Waals surface area contributed by atoms with E-state index in [-0.39, 0.29) is 5.91 Å². The second kappa shape index (κ2) is 6.24. The van der Waals surface area contributed by atoms with Crippen molar-refractivity contribution in [2.45, 2.75) is 13.3 Å². The lowest BCUT2D eigenvalue weighted by Crippen LogP contribution is -2.48. The van der Waals surface area contributed by atoms with E-state index in [1.54, 1.807) is 6.20 Å². The highest BCUT2D eigenvalue weighted by molar-refractivity contribution is 6.07. The Labute approximate surface area is 141 Å². The molecule has 0 aliphatic carbocycles. The molecule has 0 radical (unpaired) electrons. The van der Waals surface area contributed by atoms with Gasteiger partial charge in [0.05, 0.1) is 11.0 Å². The first-order chi connectivity index (χ1) is 11.8. The lowest BCUT2D eigenvalue weighted by atomic mass is 10.1. The third-order valence-electron chi connectivity index (χ3n) is 4.80. The molecule has 4 rings (SSSR count). The number of H-pyrrole nitrogens is 1. The van der Waals surface area contributed by atoms with Crippen molar-refractivity contribution in [3.8, 4) is 0 Å². The summed E-state index contributed by atoms with van der Waals surface area (Å²) in [7, 11) is 0. The summed E-state index contributed by atoms with van der Waals surface area (Å²) in [5.41, 5.74) is 2.52. The van der Waals surface area contributed by atoms with E-state index in [0.717, 1.165) is 61.0 Å². The van der Waals surface area contributed by atoms with Gasteiger partial charge in [-0.15, -0.1) is 0 Å². The normalized spacial score (nSPS) is 16.1. The molecule has 1 aliphatic heterocycles. The largest absolute Gasteiger partial charge is 0.349 e. The minimum absolute atomic E-state index is 0.0893. The molecule has 3 aromatic rings. The third kappa shape index (κ3) is 2.65. The number of piperazine rings is 1. The van der Waals surface area contributed by atoms with Crippen LogP contribution in [0.5, 0.6) is 0 Å². The highest BCUT2D eigenvalue weighted by atomic mass is 16.2. The van der Waals surface area contributed by atoms with Crippen molar-refractivity contribution in [3.05, 3.63) is 42.2 Å². The van der Waals surface area contributed by atoms with Gasteiger partial charge < -0.3 is 9.88 Å². The van der Waals surface area contributed by atoms with Crippen molar-refractivity contribution in [1.29, 1.82) is 0 Å². The second-order valence-corrected chi connectivity index (χ2v) is 6.42. The van der Waals surface area contributed by atoms with E-state index in [4.69, 9.17) is 0 Å². The molecule has 1 aliphatic rings. The van der Waals surface area contributed by atoms with Crippen LogP contribution in [-0.2, 0) is 0 Å². The maximum Gasteiger partial charge on any atom is 0.270 e. The van der Waals surface area contributed by atoms with Crippen LogP contribution in [0.4, 0.5) is 0 Å². The van der Waals surface area contributed by atoms with Crippen molar-refractivity contribution in [2.24, 2.45) is 0 Å². The van der Waals surface area contributed by atoms with Gasteiger partial charge in [0.25, 0.3) is 5.91 Å². The molecule has 1 aromatic carbocycles. The molecule has 1 N–H and O–H groups in total. The molecule has 5 nitrogen and oxygen atoms in total. The number of nitrogens with one attached hydrogen (secondary N) is 1. The summed E-state index contributed by atoms with van der Waals surface area (Å²) in [5.74, 6) is 0.0893. The third-order valence-corrected chi connectivity index (χ3v) is 4.80. The molecule has 0 unspecified atom stereocenters. The summed E-state index contributed by atoms with van der Waals surface area (Å²) in [6.07, 6.45) is 2.95. The number of hydrogen-bond donors (Lipinski definition) is 1. The Kier molecular flexibility index (Phi) is 3.94. The first kappa shape index (κ1) is 15.1. The van der Waals surface area contributed by atoms with Crippen LogP contribution in [0.2, 0.25) is 0 Å². The molecule has 124 valence electrons. The highest BCUT2D eigenvalue weighted by Crippen LogP contribution is 2.24. The fraction of sp³-hybridized carbons (Fsp3) is 0.368. The standard InChI is InChI=1S/C19H22N4O/c1-2-8-22-9-11-23(12-10-22)19(24)16-13-15-6-5-14-4-3-7-20-17(14)18(15)21-16/h3-7,13,21H,2,8-12H2,1H3. The van der Waals surface area contributed by atoms with E-state index in [1.807, 2.05) is 29.2 Å². The minimum Gasteiger partial charge on any atom is -0.349 e. The van der Waals surface area contributed by atoms with Gasteiger partial charge >= 0.3 is 0 Å². The molecular weight excluding hydrogens is 300 g/mol. The summed E-state index contributed by atoms with van der Waals surface area (Å²) in [6, 6.07) is 10.0. The Bertz CT molecular complexity index is 877. The zero-order valence-electron chi connectivity index (χ0n) is 14.0. The fourth-order valence-corrected chi connectivity index (χ4v) is 3.51. The molecule has 2 aromatic heterocycles. The predicted octanol–water partition coefficient (Wildman–Crippen LogP) is 2.88. The Balaban J connectivity index is 1.60. The zero-order valence-corrected chi connectivity index (χ0v) is 14.0. The van der Waals surface area contributed by atoms with Gasteiger partial charge in [0.1, 0.15) is 5.69 Å². The Morgan fingerprint density at radius 3 is 2.75 bits per heavy atom. The first-order valence-corrected chi connectivity index (χ1v) is 8.64. The van der Waals surface area contributed by atoms with Gasteiger partial charge in [0.2, 0.25) is 0 Å². The molecule has 0 bridgehead atoms. The maximum atomic E-state index is 12.8. The smallest absolute Gasteiger partial charge is 0.270 e. The van der Waals surface area contributed by atoms with Crippen molar-refractivity contribution in [2.75, 3.05) is 32.7 Å².